The first-order valence-electron chi connectivity index (χ1n) is 8.05. The van der Waals surface area contributed by atoms with E-state index in [1.807, 2.05) is 6.21 Å². The molecule has 1 N–H and O–H groups in total. The van der Waals surface area contributed by atoms with Gasteiger partial charge in [-0.25, -0.2) is 0 Å². The smallest absolute Gasteiger partial charge is 0.0785 e. The Balaban J connectivity index is 2.06. The van der Waals surface area contributed by atoms with Crippen LogP contribution in [0.1, 0.15) is 26.7 Å². The summed E-state index contributed by atoms with van der Waals surface area (Å²) in [6.45, 7) is 5.30. The lowest BCUT2D eigenvalue weighted by molar-refractivity contribution is 0.636. The Labute approximate surface area is 147 Å². The number of fused-ring (bicyclic) bond motifs is 1. The van der Waals surface area contributed by atoms with E-state index in [0.717, 1.165) is 19.4 Å². The number of alkyl halides is 1. The molecule has 2 aliphatic carbocycles. The standard InChI is InChI=1S/C19H23IN2/c1-3-21-17-13-22-16-10-12-19(2,20)11-9-15(16)18(17)14-7-5-4-6-8-14/h4-5,7,9-13,15-16,21H,3,6,8H2,1-2H3. The molecule has 0 saturated carbocycles. The van der Waals surface area contributed by atoms with Gasteiger partial charge in [0.25, 0.3) is 0 Å². The molecule has 3 unspecified atom stereocenters. The fourth-order valence-corrected chi connectivity index (χ4v) is 3.65. The third kappa shape index (κ3) is 3.29. The van der Waals surface area contributed by atoms with E-state index < -0.39 is 0 Å². The van der Waals surface area contributed by atoms with Gasteiger partial charge in [0, 0.05) is 18.7 Å². The maximum absolute atomic E-state index is 4.79. The van der Waals surface area contributed by atoms with Crippen LogP contribution in [-0.2, 0) is 0 Å². The first kappa shape index (κ1) is 15.8. The molecule has 3 heteroatoms. The zero-order valence-corrected chi connectivity index (χ0v) is 15.4. The molecule has 0 saturated heterocycles. The molecule has 1 aliphatic heterocycles. The second-order valence-electron chi connectivity index (χ2n) is 6.18. The minimum atomic E-state index is 0.0783. The molecule has 1 heterocycles. The van der Waals surface area contributed by atoms with Gasteiger partial charge < -0.3 is 5.32 Å². The Bertz CT molecular complexity index is 617. The van der Waals surface area contributed by atoms with Gasteiger partial charge in [0.1, 0.15) is 0 Å². The van der Waals surface area contributed by atoms with Crippen molar-refractivity contribution in [2.45, 2.75) is 36.2 Å². The second kappa shape index (κ2) is 6.57. The monoisotopic (exact) mass is 406 g/mol. The molecule has 0 fully saturated rings. The molecule has 0 radical (unpaired) electrons. The van der Waals surface area contributed by atoms with E-state index in [0.29, 0.717) is 5.92 Å². The lowest BCUT2D eigenvalue weighted by Gasteiger charge is -2.30. The van der Waals surface area contributed by atoms with Gasteiger partial charge in [-0.15, -0.1) is 0 Å². The van der Waals surface area contributed by atoms with Crippen LogP contribution in [0.2, 0.25) is 0 Å². The zero-order chi connectivity index (χ0) is 15.6. The highest BCUT2D eigenvalue weighted by molar-refractivity contribution is 14.1. The van der Waals surface area contributed by atoms with E-state index in [-0.39, 0.29) is 9.46 Å². The highest BCUT2D eigenvalue weighted by atomic mass is 127. The number of nitrogens with zero attached hydrogens (tertiary/aromatic N) is 1. The lowest BCUT2D eigenvalue weighted by Crippen LogP contribution is -2.29. The van der Waals surface area contributed by atoms with E-state index in [4.69, 9.17) is 4.99 Å². The van der Waals surface area contributed by atoms with Crippen molar-refractivity contribution < 1.29 is 0 Å². The topological polar surface area (TPSA) is 24.4 Å². The molecular weight excluding hydrogens is 383 g/mol. The first-order valence-corrected chi connectivity index (χ1v) is 9.13. The number of halogens is 1. The number of allylic oxidation sites excluding steroid dienone is 7. The van der Waals surface area contributed by atoms with Crippen molar-refractivity contribution in [3.05, 3.63) is 59.4 Å². The van der Waals surface area contributed by atoms with Crippen molar-refractivity contribution in [3.63, 3.8) is 0 Å². The Morgan fingerprint density at radius 2 is 2.18 bits per heavy atom. The van der Waals surface area contributed by atoms with Crippen LogP contribution in [0.15, 0.2) is 64.4 Å². The molecule has 116 valence electrons. The van der Waals surface area contributed by atoms with Crippen LogP contribution in [0.3, 0.4) is 0 Å². The van der Waals surface area contributed by atoms with Crippen molar-refractivity contribution in [2.24, 2.45) is 10.9 Å². The summed E-state index contributed by atoms with van der Waals surface area (Å²) >= 11 is 2.49. The molecule has 0 bridgehead atoms. The summed E-state index contributed by atoms with van der Waals surface area (Å²) in [4.78, 5) is 4.79. The summed E-state index contributed by atoms with van der Waals surface area (Å²) < 4.78 is 0.0783. The van der Waals surface area contributed by atoms with Crippen molar-refractivity contribution in [1.82, 2.24) is 5.32 Å². The average Bonchev–Trinajstić information content (AvgIpc) is 2.67. The Hall–Kier alpha value is -1.10. The van der Waals surface area contributed by atoms with Gasteiger partial charge in [0.05, 0.1) is 15.2 Å². The van der Waals surface area contributed by atoms with Crippen LogP contribution in [0.4, 0.5) is 0 Å². The molecule has 22 heavy (non-hydrogen) atoms. The second-order valence-corrected chi connectivity index (χ2v) is 8.50. The molecule has 3 aliphatic rings. The van der Waals surface area contributed by atoms with E-state index in [9.17, 15) is 0 Å². The Kier molecular flexibility index (Phi) is 4.71. The molecule has 2 nitrogen and oxygen atoms in total. The molecule has 3 rings (SSSR count). The van der Waals surface area contributed by atoms with Crippen molar-refractivity contribution >= 4 is 28.8 Å². The third-order valence-corrected chi connectivity index (χ3v) is 5.06. The SMILES string of the molecule is CCNC1=C(C2=CC=CCC2)C2C=CC(C)(I)C=CC2N=C1. The average molecular weight is 406 g/mol. The van der Waals surface area contributed by atoms with Crippen molar-refractivity contribution in [1.29, 1.82) is 0 Å². The first-order chi connectivity index (χ1) is 10.6. The summed E-state index contributed by atoms with van der Waals surface area (Å²) in [7, 11) is 0. The molecule has 0 aromatic rings. The van der Waals surface area contributed by atoms with Crippen molar-refractivity contribution in [2.75, 3.05) is 6.54 Å². The number of hydrogen-bond acceptors (Lipinski definition) is 2. The predicted octanol–water partition coefficient (Wildman–Crippen LogP) is 4.52. The number of rotatable bonds is 3. The van der Waals surface area contributed by atoms with Gasteiger partial charge in [-0.3, -0.25) is 4.99 Å². The molecule has 0 aromatic heterocycles. The van der Waals surface area contributed by atoms with Crippen LogP contribution in [-0.4, -0.2) is 22.2 Å². The molecule has 0 aromatic carbocycles. The zero-order valence-electron chi connectivity index (χ0n) is 13.2. The van der Waals surface area contributed by atoms with E-state index in [1.165, 1.54) is 16.8 Å². The number of dihydropyridines is 1. The maximum atomic E-state index is 4.79. The lowest BCUT2D eigenvalue weighted by atomic mass is 9.81. The van der Waals surface area contributed by atoms with Gasteiger partial charge in [-0.2, -0.15) is 0 Å². The summed E-state index contributed by atoms with van der Waals surface area (Å²) in [6, 6.07) is 0.219. The highest BCUT2D eigenvalue weighted by Gasteiger charge is 2.31. The van der Waals surface area contributed by atoms with Crippen LogP contribution >= 0.6 is 22.6 Å². The number of hydrogen-bond donors (Lipinski definition) is 1. The fraction of sp³-hybridized carbons (Fsp3) is 0.421. The predicted molar refractivity (Wildman–Crippen MR) is 104 cm³/mol. The normalized spacial score (nSPS) is 33.5. The van der Waals surface area contributed by atoms with Gasteiger partial charge >= 0.3 is 0 Å². The summed E-state index contributed by atoms with van der Waals surface area (Å²) in [5, 5.41) is 3.51. The number of nitrogens with one attached hydrogen (secondary N) is 1. The minimum absolute atomic E-state index is 0.0783. The minimum Gasteiger partial charge on any atom is -0.384 e. The van der Waals surface area contributed by atoms with Gasteiger partial charge in [-0.05, 0) is 37.8 Å². The molecule has 0 spiro atoms. The Morgan fingerprint density at radius 1 is 1.36 bits per heavy atom. The van der Waals surface area contributed by atoms with Gasteiger partial charge in [0.2, 0.25) is 0 Å². The summed E-state index contributed by atoms with van der Waals surface area (Å²) in [6.07, 6.45) is 20.2. The maximum Gasteiger partial charge on any atom is 0.0785 e. The largest absolute Gasteiger partial charge is 0.384 e. The van der Waals surface area contributed by atoms with Crippen LogP contribution in [0.5, 0.6) is 0 Å². The van der Waals surface area contributed by atoms with Crippen molar-refractivity contribution in [3.8, 4) is 0 Å². The van der Waals surface area contributed by atoms with Gasteiger partial charge in [-0.1, -0.05) is 65.1 Å². The third-order valence-electron chi connectivity index (χ3n) is 4.34. The Morgan fingerprint density at radius 3 is 2.91 bits per heavy atom. The summed E-state index contributed by atoms with van der Waals surface area (Å²) in [5.74, 6) is 0.338. The highest BCUT2D eigenvalue weighted by Crippen LogP contribution is 2.38. The van der Waals surface area contributed by atoms with Gasteiger partial charge in [0.15, 0.2) is 0 Å². The van der Waals surface area contributed by atoms with Crippen LogP contribution in [0, 0.1) is 5.92 Å². The molecular formula is C19H23IN2. The fourth-order valence-electron chi connectivity index (χ4n) is 3.23. The van der Waals surface area contributed by atoms with E-state index in [1.54, 1.807) is 0 Å². The van der Waals surface area contributed by atoms with E-state index in [2.05, 4.69) is 84.3 Å². The van der Waals surface area contributed by atoms with Crippen LogP contribution in [0.25, 0.3) is 0 Å². The molecule has 3 atom stereocenters. The quantitative estimate of drug-likeness (QED) is 0.416. The number of aliphatic imine (C=N–C) groups is 1. The molecule has 0 amide bonds. The van der Waals surface area contributed by atoms with Crippen LogP contribution < -0.4 is 5.32 Å². The summed E-state index contributed by atoms with van der Waals surface area (Å²) in [5.41, 5.74) is 4.08. The van der Waals surface area contributed by atoms with E-state index >= 15 is 0 Å².